The number of benzene rings is 3. The topological polar surface area (TPSA) is 68.5 Å². The summed E-state index contributed by atoms with van der Waals surface area (Å²) in [7, 11) is -1.12. The van der Waals surface area contributed by atoms with E-state index in [1.807, 2.05) is 53.4 Å². The van der Waals surface area contributed by atoms with Crippen LogP contribution in [-0.4, -0.2) is 59.8 Å². The number of piperazine rings is 1. The van der Waals surface area contributed by atoms with Gasteiger partial charge in [0.1, 0.15) is 30.1 Å². The summed E-state index contributed by atoms with van der Waals surface area (Å²) in [6, 6.07) is 23.4. The average molecular weight is 631 g/mol. The lowest BCUT2D eigenvalue weighted by Crippen LogP contribution is -2.46. The SMILES string of the molecule is O=S1C=NC(c2ccc(N3CCN(c4ccc(OCC5COC(Cn6cccc6)(c6ccc(F)cc6F)O5)cc4)CC3)cc2)=C1. The first-order valence-corrected chi connectivity index (χ1v) is 16.1. The van der Waals surface area contributed by atoms with Gasteiger partial charge in [-0.25, -0.2) is 18.0 Å². The van der Waals surface area contributed by atoms with E-state index in [2.05, 4.69) is 39.1 Å². The van der Waals surface area contributed by atoms with E-state index >= 15 is 0 Å². The van der Waals surface area contributed by atoms with Gasteiger partial charge in [-0.3, -0.25) is 0 Å². The number of nitrogens with zero attached hydrogens (tertiary/aromatic N) is 4. The zero-order valence-electron chi connectivity index (χ0n) is 24.4. The van der Waals surface area contributed by atoms with Crippen LogP contribution in [0.3, 0.4) is 0 Å². The molecule has 3 aliphatic rings. The third-order valence-electron chi connectivity index (χ3n) is 8.23. The number of rotatable bonds is 9. The molecule has 8 nitrogen and oxygen atoms in total. The molecule has 7 rings (SSSR count). The summed E-state index contributed by atoms with van der Waals surface area (Å²) in [5.74, 6) is -2.08. The second kappa shape index (κ2) is 12.6. The van der Waals surface area contributed by atoms with E-state index in [4.69, 9.17) is 14.2 Å². The molecule has 4 heterocycles. The van der Waals surface area contributed by atoms with Crippen molar-refractivity contribution in [3.8, 4) is 5.75 Å². The standard InChI is InChI=1S/C34H32F2N4O4S/c35-26-5-12-31(32(36)19-26)34(23-38-13-1-2-14-38)43-21-30(44-34)20-42-29-10-8-28(9-11-29)40-17-15-39(16-18-40)27-6-3-25(4-7-27)33-22-45(41)24-37-33/h1-14,19,22,24,30H,15-18,20-21,23H2. The Hall–Kier alpha value is -4.32. The third-order valence-corrected chi connectivity index (χ3v) is 9.00. The highest BCUT2D eigenvalue weighted by atomic mass is 32.2. The molecule has 0 spiro atoms. The van der Waals surface area contributed by atoms with Crippen LogP contribution in [0.1, 0.15) is 11.1 Å². The van der Waals surface area contributed by atoms with E-state index in [1.54, 1.807) is 5.41 Å². The summed E-state index contributed by atoms with van der Waals surface area (Å²) in [5.41, 5.74) is 5.60. The number of hydrogen-bond donors (Lipinski definition) is 0. The van der Waals surface area contributed by atoms with Gasteiger partial charge in [0.05, 0.1) is 35.2 Å². The molecule has 11 heteroatoms. The first-order chi connectivity index (χ1) is 21.9. The van der Waals surface area contributed by atoms with E-state index in [-0.39, 0.29) is 25.3 Å². The fraction of sp³-hybridized carbons (Fsp3) is 0.265. The Morgan fingerprint density at radius 1 is 0.911 bits per heavy atom. The van der Waals surface area contributed by atoms with E-state index < -0.39 is 34.3 Å². The Bertz CT molecular complexity index is 1720. The maximum atomic E-state index is 14.9. The predicted molar refractivity (Wildman–Crippen MR) is 171 cm³/mol. The van der Waals surface area contributed by atoms with Gasteiger partial charge in [-0.2, -0.15) is 0 Å². The van der Waals surface area contributed by atoms with Gasteiger partial charge in [-0.1, -0.05) is 12.1 Å². The van der Waals surface area contributed by atoms with Crippen molar-refractivity contribution >= 4 is 33.4 Å². The molecule has 0 aliphatic carbocycles. The van der Waals surface area contributed by atoms with Crippen molar-refractivity contribution in [2.75, 3.05) is 49.2 Å². The highest BCUT2D eigenvalue weighted by Gasteiger charge is 2.45. The van der Waals surface area contributed by atoms with Crippen LogP contribution >= 0.6 is 0 Å². The lowest BCUT2D eigenvalue weighted by atomic mass is 10.0. The van der Waals surface area contributed by atoms with Crippen LogP contribution in [0.4, 0.5) is 20.2 Å². The lowest BCUT2D eigenvalue weighted by molar-refractivity contribution is -0.191. The fourth-order valence-corrected chi connectivity index (χ4v) is 6.60. The maximum absolute atomic E-state index is 14.9. The van der Waals surface area contributed by atoms with Crippen molar-refractivity contribution in [2.24, 2.45) is 4.99 Å². The molecule has 0 bridgehead atoms. The van der Waals surface area contributed by atoms with Crippen LogP contribution in [0.5, 0.6) is 5.75 Å². The van der Waals surface area contributed by atoms with Gasteiger partial charge in [0, 0.05) is 72.5 Å². The number of ether oxygens (including phenoxy) is 3. The molecule has 0 radical (unpaired) electrons. The Morgan fingerprint density at radius 2 is 1.58 bits per heavy atom. The number of aliphatic imine (C=N–C) groups is 1. The molecular formula is C34H32F2N4O4S. The smallest absolute Gasteiger partial charge is 0.216 e. The normalized spacial score (nSPS) is 23.0. The van der Waals surface area contributed by atoms with E-state index in [9.17, 15) is 13.0 Å². The van der Waals surface area contributed by atoms with Crippen molar-refractivity contribution in [1.29, 1.82) is 0 Å². The third kappa shape index (κ3) is 6.42. The summed E-state index contributed by atoms with van der Waals surface area (Å²) in [6.45, 7) is 4.18. The van der Waals surface area contributed by atoms with Crippen LogP contribution in [0.25, 0.3) is 5.70 Å². The lowest BCUT2D eigenvalue weighted by Gasteiger charge is -2.37. The number of aromatic nitrogens is 1. The summed E-state index contributed by atoms with van der Waals surface area (Å²) in [5, 5.41) is 1.66. The van der Waals surface area contributed by atoms with Gasteiger partial charge in [-0.15, -0.1) is 0 Å². The minimum absolute atomic E-state index is 0.150. The van der Waals surface area contributed by atoms with Crippen LogP contribution in [0.15, 0.2) is 102 Å². The van der Waals surface area contributed by atoms with Crippen LogP contribution < -0.4 is 14.5 Å². The molecule has 3 aliphatic heterocycles. The van der Waals surface area contributed by atoms with Crippen molar-refractivity contribution in [2.45, 2.75) is 18.4 Å². The molecule has 0 amide bonds. The monoisotopic (exact) mass is 630 g/mol. The van der Waals surface area contributed by atoms with Crippen molar-refractivity contribution in [3.63, 3.8) is 0 Å². The van der Waals surface area contributed by atoms with E-state index in [0.717, 1.165) is 54.9 Å². The fourth-order valence-electron chi connectivity index (χ4n) is 5.90. The van der Waals surface area contributed by atoms with Crippen LogP contribution in [0, 0.1) is 11.6 Å². The van der Waals surface area contributed by atoms with Gasteiger partial charge >= 0.3 is 0 Å². The Labute approximate surface area is 262 Å². The molecule has 232 valence electrons. The molecule has 3 aromatic carbocycles. The largest absolute Gasteiger partial charge is 0.491 e. The van der Waals surface area contributed by atoms with Gasteiger partial charge in [0.2, 0.25) is 5.79 Å². The number of halogens is 2. The zero-order chi connectivity index (χ0) is 30.8. The summed E-state index contributed by atoms with van der Waals surface area (Å²) < 4.78 is 60.3. The van der Waals surface area contributed by atoms with Crippen LogP contribution in [-0.2, 0) is 32.6 Å². The molecule has 2 fully saturated rings. The molecule has 0 N–H and O–H groups in total. The molecule has 2 saturated heterocycles. The van der Waals surface area contributed by atoms with Crippen LogP contribution in [0.2, 0.25) is 0 Å². The highest BCUT2D eigenvalue weighted by Crippen LogP contribution is 2.38. The predicted octanol–water partition coefficient (Wildman–Crippen LogP) is 5.53. The molecule has 4 aromatic rings. The Morgan fingerprint density at radius 3 is 2.20 bits per heavy atom. The molecule has 45 heavy (non-hydrogen) atoms. The van der Waals surface area contributed by atoms with Gasteiger partial charge in [0.25, 0.3) is 0 Å². The Kier molecular flexibility index (Phi) is 8.22. The summed E-state index contributed by atoms with van der Waals surface area (Å²) in [6.07, 6.45) is 3.24. The second-order valence-corrected chi connectivity index (χ2v) is 12.3. The van der Waals surface area contributed by atoms with Gasteiger partial charge < -0.3 is 28.6 Å². The highest BCUT2D eigenvalue weighted by molar-refractivity contribution is 8.01. The summed E-state index contributed by atoms with van der Waals surface area (Å²) in [4.78, 5) is 8.93. The first-order valence-electron chi connectivity index (χ1n) is 14.8. The molecule has 3 atom stereocenters. The Balaban J connectivity index is 0.931. The minimum atomic E-state index is -1.40. The quantitative estimate of drug-likeness (QED) is 0.242. The number of anilines is 2. The minimum Gasteiger partial charge on any atom is -0.491 e. The molecule has 0 saturated carbocycles. The summed E-state index contributed by atoms with van der Waals surface area (Å²) >= 11 is 0. The van der Waals surface area contributed by atoms with E-state index in [0.29, 0.717) is 5.75 Å². The van der Waals surface area contributed by atoms with Gasteiger partial charge in [0.15, 0.2) is 0 Å². The van der Waals surface area contributed by atoms with E-state index in [1.165, 1.54) is 17.7 Å². The maximum Gasteiger partial charge on any atom is 0.216 e. The molecule has 3 unspecified atom stereocenters. The van der Waals surface area contributed by atoms with Crippen molar-refractivity contribution < 1.29 is 27.2 Å². The molecular weight excluding hydrogens is 598 g/mol. The average Bonchev–Trinajstić information content (AvgIpc) is 3.83. The number of hydrogen-bond acceptors (Lipinski definition) is 7. The van der Waals surface area contributed by atoms with Crippen molar-refractivity contribution in [3.05, 3.63) is 119 Å². The first kappa shape index (κ1) is 29.4. The molecule has 1 aromatic heterocycles. The second-order valence-electron chi connectivity index (χ2n) is 11.2. The van der Waals surface area contributed by atoms with Gasteiger partial charge in [-0.05, 0) is 60.7 Å². The van der Waals surface area contributed by atoms with Crippen molar-refractivity contribution in [1.82, 2.24) is 4.57 Å². The zero-order valence-corrected chi connectivity index (χ0v) is 25.2.